The number of thiophene rings is 1. The van der Waals surface area contributed by atoms with E-state index in [0.717, 1.165) is 10.4 Å². The number of methoxy groups -OCH3 is 1. The molecule has 1 aromatic carbocycles. The summed E-state index contributed by atoms with van der Waals surface area (Å²) in [4.78, 5) is 25.1. The summed E-state index contributed by atoms with van der Waals surface area (Å²) < 4.78 is 15.6. The minimum Gasteiger partial charge on any atom is -0.452 e. The van der Waals surface area contributed by atoms with Crippen molar-refractivity contribution in [2.75, 3.05) is 13.7 Å². The summed E-state index contributed by atoms with van der Waals surface area (Å²) in [6.45, 7) is 3.62. The van der Waals surface area contributed by atoms with Crippen LogP contribution < -0.4 is 9.47 Å². The molecule has 1 aromatic heterocycles. The number of aryl methyl sites for hydroxylation is 2. The van der Waals surface area contributed by atoms with Gasteiger partial charge in [0.15, 0.2) is 5.76 Å². The quantitative estimate of drug-likeness (QED) is 0.482. The maximum absolute atomic E-state index is 12.6. The first kappa shape index (κ1) is 16.4. The highest BCUT2D eigenvalue weighted by atomic mass is 32.1. The van der Waals surface area contributed by atoms with Gasteiger partial charge in [-0.2, -0.15) is 0 Å². The number of fused-ring (bicyclic) bond motifs is 1. The third-order valence-electron chi connectivity index (χ3n) is 3.60. The van der Waals surface area contributed by atoms with Gasteiger partial charge in [0, 0.05) is 24.1 Å². The fourth-order valence-corrected chi connectivity index (χ4v) is 3.31. The molecule has 0 fully saturated rings. The van der Waals surface area contributed by atoms with Gasteiger partial charge in [0.25, 0.3) is 0 Å². The summed E-state index contributed by atoms with van der Waals surface area (Å²) in [6, 6.07) is 5.19. The first-order valence-electron chi connectivity index (χ1n) is 7.32. The van der Waals surface area contributed by atoms with E-state index in [1.807, 2.05) is 18.4 Å². The van der Waals surface area contributed by atoms with Crippen molar-refractivity contribution in [1.82, 2.24) is 0 Å². The van der Waals surface area contributed by atoms with Crippen molar-refractivity contribution in [1.29, 1.82) is 0 Å². The summed E-state index contributed by atoms with van der Waals surface area (Å²) in [7, 11) is 1.42. The summed E-state index contributed by atoms with van der Waals surface area (Å²) in [5.41, 5.74) is 2.29. The molecule has 6 heteroatoms. The van der Waals surface area contributed by atoms with Gasteiger partial charge in [-0.15, -0.1) is 11.3 Å². The van der Waals surface area contributed by atoms with Crippen molar-refractivity contribution in [3.8, 4) is 11.5 Å². The number of Topliss-reactive ketones (excluding diaryl/α,β-unsaturated/α-hetero) is 1. The lowest BCUT2D eigenvalue weighted by Gasteiger charge is -2.07. The van der Waals surface area contributed by atoms with Crippen molar-refractivity contribution in [3.05, 3.63) is 50.9 Å². The minimum atomic E-state index is -0.508. The molecule has 0 saturated heterocycles. The first-order valence-corrected chi connectivity index (χ1v) is 8.20. The van der Waals surface area contributed by atoms with Crippen LogP contribution in [-0.2, 0) is 9.53 Å². The Hall–Kier alpha value is -2.44. The summed E-state index contributed by atoms with van der Waals surface area (Å²) in [5, 5.41) is 1.97. The Morgan fingerprint density at radius 2 is 2.08 bits per heavy atom. The van der Waals surface area contributed by atoms with Gasteiger partial charge < -0.3 is 14.2 Å². The predicted octanol–water partition coefficient (Wildman–Crippen LogP) is 3.53. The molecule has 1 aliphatic heterocycles. The van der Waals surface area contributed by atoms with Crippen molar-refractivity contribution in [2.24, 2.45) is 0 Å². The number of hydrogen-bond acceptors (Lipinski definition) is 6. The number of carbonyl (C=O) groups is 2. The monoisotopic (exact) mass is 344 g/mol. The summed E-state index contributed by atoms with van der Waals surface area (Å²) >= 11 is 1.55. The van der Waals surface area contributed by atoms with Crippen LogP contribution in [-0.4, -0.2) is 25.5 Å². The Morgan fingerprint density at radius 1 is 1.29 bits per heavy atom. The second-order valence-corrected chi connectivity index (χ2v) is 6.38. The fourth-order valence-electron chi connectivity index (χ4n) is 2.47. The van der Waals surface area contributed by atoms with Crippen LogP contribution in [0.25, 0.3) is 6.08 Å². The molecule has 0 atom stereocenters. The fraction of sp³-hybridized carbons (Fsp3) is 0.222. The van der Waals surface area contributed by atoms with Gasteiger partial charge >= 0.3 is 5.97 Å². The number of benzene rings is 1. The van der Waals surface area contributed by atoms with E-state index in [0.29, 0.717) is 22.6 Å². The maximum Gasteiger partial charge on any atom is 0.337 e. The second kappa shape index (κ2) is 6.59. The number of hydrogen-bond donors (Lipinski definition) is 0. The number of carbonyl (C=O) groups excluding carboxylic acids is 2. The van der Waals surface area contributed by atoms with Crippen molar-refractivity contribution in [2.45, 2.75) is 13.8 Å². The van der Waals surface area contributed by atoms with E-state index < -0.39 is 5.97 Å². The molecule has 0 saturated carbocycles. The molecular formula is C18H16O5S. The van der Waals surface area contributed by atoms with E-state index in [4.69, 9.17) is 14.2 Å². The molecule has 0 bridgehead atoms. The number of rotatable bonds is 4. The standard InChI is InChI=1S/C18H16O5S/c1-10-4-5-24-15(10)8-14-18(20)17-11(2)6-12(7-13(17)23-14)22-16(19)9-21-3/h4-8H,9H2,1-3H3/b14-8-. The van der Waals surface area contributed by atoms with Crippen LogP contribution in [0.15, 0.2) is 29.3 Å². The zero-order chi connectivity index (χ0) is 17.3. The van der Waals surface area contributed by atoms with E-state index in [1.54, 1.807) is 36.5 Å². The molecule has 24 heavy (non-hydrogen) atoms. The third-order valence-corrected chi connectivity index (χ3v) is 4.57. The van der Waals surface area contributed by atoms with Gasteiger partial charge in [-0.3, -0.25) is 4.79 Å². The molecule has 1 aliphatic rings. The van der Waals surface area contributed by atoms with Gasteiger partial charge in [0.2, 0.25) is 5.78 Å². The maximum atomic E-state index is 12.6. The van der Waals surface area contributed by atoms with Crippen molar-refractivity contribution in [3.63, 3.8) is 0 Å². The van der Waals surface area contributed by atoms with Gasteiger partial charge in [-0.1, -0.05) is 0 Å². The van der Waals surface area contributed by atoms with E-state index in [2.05, 4.69) is 0 Å². The molecule has 5 nitrogen and oxygen atoms in total. The molecule has 3 rings (SSSR count). The Kier molecular flexibility index (Phi) is 4.51. The lowest BCUT2D eigenvalue weighted by Crippen LogP contribution is -2.14. The van der Waals surface area contributed by atoms with Crippen LogP contribution in [0.4, 0.5) is 0 Å². The largest absolute Gasteiger partial charge is 0.452 e. The average molecular weight is 344 g/mol. The highest BCUT2D eigenvalue weighted by Crippen LogP contribution is 2.38. The van der Waals surface area contributed by atoms with E-state index in [1.165, 1.54) is 7.11 Å². The zero-order valence-electron chi connectivity index (χ0n) is 13.5. The normalized spacial score (nSPS) is 14.6. The minimum absolute atomic E-state index is 0.140. The number of ketones is 1. The van der Waals surface area contributed by atoms with E-state index >= 15 is 0 Å². The molecule has 124 valence electrons. The van der Waals surface area contributed by atoms with Gasteiger partial charge in [-0.05, 0) is 42.5 Å². The molecule has 0 aliphatic carbocycles. The molecule has 0 radical (unpaired) electrons. The van der Waals surface area contributed by atoms with Crippen molar-refractivity contribution < 1.29 is 23.8 Å². The van der Waals surface area contributed by atoms with E-state index in [-0.39, 0.29) is 18.1 Å². The summed E-state index contributed by atoms with van der Waals surface area (Å²) in [5.74, 6) is 0.338. The molecule has 0 spiro atoms. The number of allylic oxidation sites excluding steroid dienone is 1. The molecule has 0 unspecified atom stereocenters. The molecule has 2 heterocycles. The van der Waals surface area contributed by atoms with Crippen LogP contribution >= 0.6 is 11.3 Å². The Bertz CT molecular complexity index is 847. The van der Waals surface area contributed by atoms with Crippen LogP contribution in [0, 0.1) is 13.8 Å². The lowest BCUT2D eigenvalue weighted by atomic mass is 10.0. The third kappa shape index (κ3) is 3.11. The molecule has 2 aromatic rings. The zero-order valence-corrected chi connectivity index (χ0v) is 14.4. The van der Waals surface area contributed by atoms with Crippen LogP contribution in [0.3, 0.4) is 0 Å². The molecule has 0 N–H and O–H groups in total. The van der Waals surface area contributed by atoms with Crippen LogP contribution in [0.2, 0.25) is 0 Å². The first-order chi connectivity index (χ1) is 11.5. The topological polar surface area (TPSA) is 61.8 Å². The SMILES string of the molecule is COCC(=O)Oc1cc(C)c2c(c1)O/C(=C\c1sccc1C)C2=O. The van der Waals surface area contributed by atoms with Crippen LogP contribution in [0.1, 0.15) is 26.4 Å². The van der Waals surface area contributed by atoms with E-state index in [9.17, 15) is 9.59 Å². The Labute approximate surface area is 143 Å². The van der Waals surface area contributed by atoms with Crippen molar-refractivity contribution >= 4 is 29.2 Å². The molecule has 0 amide bonds. The van der Waals surface area contributed by atoms with Gasteiger partial charge in [0.05, 0.1) is 5.56 Å². The number of esters is 1. The van der Waals surface area contributed by atoms with Gasteiger partial charge in [-0.25, -0.2) is 4.79 Å². The lowest BCUT2D eigenvalue weighted by molar-refractivity contribution is -0.138. The smallest absolute Gasteiger partial charge is 0.337 e. The highest BCUT2D eigenvalue weighted by Gasteiger charge is 2.30. The highest BCUT2D eigenvalue weighted by molar-refractivity contribution is 7.11. The second-order valence-electron chi connectivity index (χ2n) is 5.43. The Morgan fingerprint density at radius 3 is 2.75 bits per heavy atom. The number of ether oxygens (including phenoxy) is 3. The van der Waals surface area contributed by atoms with Crippen LogP contribution in [0.5, 0.6) is 11.5 Å². The predicted molar refractivity (Wildman–Crippen MR) is 90.7 cm³/mol. The Balaban J connectivity index is 1.91. The molecular weight excluding hydrogens is 328 g/mol. The van der Waals surface area contributed by atoms with Gasteiger partial charge in [0.1, 0.15) is 18.1 Å². The average Bonchev–Trinajstić information content (AvgIpc) is 3.04. The summed E-state index contributed by atoms with van der Waals surface area (Å²) in [6.07, 6.45) is 1.75.